The van der Waals surface area contributed by atoms with Gasteiger partial charge in [0.05, 0.1) is 4.90 Å². The van der Waals surface area contributed by atoms with Crippen LogP contribution in [0.25, 0.3) is 0 Å². The number of nitrogens with two attached hydrogens (primary N) is 2. The van der Waals surface area contributed by atoms with Gasteiger partial charge < -0.3 is 21.5 Å². The molecule has 0 aromatic heterocycles. The monoisotopic (exact) mass is 567 g/mol. The maximum atomic E-state index is 12.9. The van der Waals surface area contributed by atoms with Crippen LogP contribution in [0.4, 0.5) is 0 Å². The van der Waals surface area contributed by atoms with Gasteiger partial charge >= 0.3 is 0 Å². The number of aliphatic imine (C=N–C) groups is 1. The fourth-order valence-electron chi connectivity index (χ4n) is 3.32. The van der Waals surface area contributed by atoms with Gasteiger partial charge in [0.2, 0.25) is 10.0 Å². The number of nitrogens with zero attached hydrogens (tertiary/aromatic N) is 2. The summed E-state index contributed by atoms with van der Waals surface area (Å²) in [7, 11) is -7.47. The van der Waals surface area contributed by atoms with Crippen LogP contribution in [0.2, 0.25) is 0 Å². The van der Waals surface area contributed by atoms with Gasteiger partial charge in [-0.15, -0.1) is 24.8 Å². The molecule has 2 aromatic rings. The quantitative estimate of drug-likeness (QED) is 0.341. The molecule has 0 saturated carbocycles. The number of sulfone groups is 1. The summed E-state index contributed by atoms with van der Waals surface area (Å²) >= 11 is 0. The molecule has 1 aliphatic rings. The van der Waals surface area contributed by atoms with Crippen LogP contribution in [0.15, 0.2) is 57.2 Å². The number of nitrogens with one attached hydrogen (secondary N) is 1. The summed E-state index contributed by atoms with van der Waals surface area (Å²) in [5, 5.41) is 3.15. The van der Waals surface area contributed by atoms with Crippen LogP contribution in [0, 0.1) is 0 Å². The van der Waals surface area contributed by atoms with Crippen LogP contribution in [0.3, 0.4) is 0 Å². The van der Waals surface area contributed by atoms with Gasteiger partial charge in [0.1, 0.15) is 16.4 Å². The van der Waals surface area contributed by atoms with Crippen molar-refractivity contribution in [2.75, 3.05) is 25.9 Å². The van der Waals surface area contributed by atoms with E-state index >= 15 is 0 Å². The zero-order valence-electron chi connectivity index (χ0n) is 18.9. The number of sulfonamides is 1. The minimum atomic E-state index is -3.79. The lowest BCUT2D eigenvalue weighted by atomic mass is 10.2. The molecule has 1 fully saturated rings. The van der Waals surface area contributed by atoms with Crippen molar-refractivity contribution in [2.45, 2.75) is 22.8 Å². The normalized spacial score (nSPS) is 16.3. The maximum Gasteiger partial charge on any atom is 0.280 e. The van der Waals surface area contributed by atoms with Gasteiger partial charge in [0.15, 0.2) is 15.8 Å². The van der Waals surface area contributed by atoms with Gasteiger partial charge in [0, 0.05) is 37.5 Å². The van der Waals surface area contributed by atoms with Crippen molar-refractivity contribution in [3.63, 3.8) is 0 Å². The van der Waals surface area contributed by atoms with Gasteiger partial charge in [0.25, 0.3) is 5.91 Å². The van der Waals surface area contributed by atoms with Crippen LogP contribution in [-0.2, 0) is 19.9 Å². The molecule has 11 nitrogen and oxygen atoms in total. The second kappa shape index (κ2) is 12.0. The summed E-state index contributed by atoms with van der Waals surface area (Å²) in [5.41, 5.74) is 10.4. The van der Waals surface area contributed by atoms with Crippen LogP contribution >= 0.6 is 24.8 Å². The first-order valence-electron chi connectivity index (χ1n) is 9.88. The summed E-state index contributed by atoms with van der Waals surface area (Å²) in [5.74, 6) is -1.07. The Morgan fingerprint density at radius 3 is 2.26 bits per heavy atom. The molecule has 2 aromatic carbocycles. The Morgan fingerprint density at radius 1 is 1.09 bits per heavy atom. The topological polar surface area (TPSA) is 174 Å². The Balaban J connectivity index is 0.00000306. The van der Waals surface area contributed by atoms with E-state index in [9.17, 15) is 21.6 Å². The van der Waals surface area contributed by atoms with Crippen LogP contribution in [0.5, 0.6) is 11.5 Å². The van der Waals surface area contributed by atoms with Crippen molar-refractivity contribution in [3.05, 3.63) is 48.0 Å². The van der Waals surface area contributed by atoms with Crippen molar-refractivity contribution >= 4 is 56.5 Å². The zero-order valence-corrected chi connectivity index (χ0v) is 22.1. The Bertz CT molecular complexity index is 1300. The number of ether oxygens (including phenoxy) is 1. The Kier molecular flexibility index (Phi) is 10.5. The molecule has 5 N–H and O–H groups in total. The molecule has 15 heteroatoms. The van der Waals surface area contributed by atoms with E-state index in [0.29, 0.717) is 19.6 Å². The highest BCUT2D eigenvalue weighted by molar-refractivity contribution is 7.90. The first-order valence-corrected chi connectivity index (χ1v) is 13.2. The second-order valence-electron chi connectivity index (χ2n) is 7.52. The third-order valence-corrected chi connectivity index (χ3v) is 8.07. The molecule has 194 valence electrons. The van der Waals surface area contributed by atoms with E-state index in [2.05, 4.69) is 10.3 Å². The largest absolute Gasteiger partial charge is 0.456 e. The highest BCUT2D eigenvalue weighted by Crippen LogP contribution is 2.31. The summed E-state index contributed by atoms with van der Waals surface area (Å²) in [6.45, 7) is 3.33. The number of hydrogen-bond acceptors (Lipinski definition) is 7. The summed E-state index contributed by atoms with van der Waals surface area (Å²) in [6.07, 6.45) is 0.967. The number of halogens is 2. The molecule has 1 atom stereocenters. The number of rotatable bonds is 6. The van der Waals surface area contributed by atoms with Crippen molar-refractivity contribution in [1.82, 2.24) is 9.62 Å². The number of guanidine groups is 1. The molecule has 1 amide bonds. The number of benzene rings is 2. The molecule has 0 radical (unpaired) electrons. The molecular formula is C20H27Cl2N5O6S2. The standard InChI is InChI=1S/C20H25N5O6S2.2ClH/c1-13-12-23-9-10-25(13)33(29,30)16-6-4-15(5-7-16)31-17-8-3-14(19(26)24-20(21)22)11-18(17)32(2,27)28;;/h3-8,11,13,23H,9-10,12H2,1-2H3,(H4,21,22,24,26);2*1H. The van der Waals surface area contributed by atoms with E-state index in [1.807, 2.05) is 6.92 Å². The van der Waals surface area contributed by atoms with Crippen molar-refractivity contribution in [2.24, 2.45) is 16.5 Å². The molecule has 1 aliphatic heterocycles. The average Bonchev–Trinajstić information content (AvgIpc) is 2.73. The van der Waals surface area contributed by atoms with Gasteiger partial charge in [-0.2, -0.15) is 9.30 Å². The number of carbonyl (C=O) groups excluding carboxylic acids is 1. The number of amides is 1. The molecule has 1 unspecified atom stereocenters. The lowest BCUT2D eigenvalue weighted by Gasteiger charge is -2.32. The predicted octanol–water partition coefficient (Wildman–Crippen LogP) is 1.12. The SMILES string of the molecule is CC1CNCCN1S(=O)(=O)c1ccc(Oc2ccc(C(=O)N=C(N)N)cc2S(C)(=O)=O)cc1.Cl.Cl. The molecule has 35 heavy (non-hydrogen) atoms. The summed E-state index contributed by atoms with van der Waals surface area (Å²) in [6, 6.07) is 9.23. The molecular weight excluding hydrogens is 541 g/mol. The molecule has 0 spiro atoms. The maximum absolute atomic E-state index is 12.9. The fourth-order valence-corrected chi connectivity index (χ4v) is 5.77. The second-order valence-corrected chi connectivity index (χ2v) is 11.4. The smallest absolute Gasteiger partial charge is 0.280 e. The highest BCUT2D eigenvalue weighted by Gasteiger charge is 2.30. The van der Waals surface area contributed by atoms with Crippen molar-refractivity contribution in [1.29, 1.82) is 0 Å². The van der Waals surface area contributed by atoms with E-state index in [-0.39, 0.29) is 57.7 Å². The van der Waals surface area contributed by atoms with E-state index in [0.717, 1.165) is 12.3 Å². The molecule has 0 aliphatic carbocycles. The van der Waals surface area contributed by atoms with E-state index < -0.39 is 31.7 Å². The summed E-state index contributed by atoms with van der Waals surface area (Å²) < 4.78 is 57.6. The molecule has 1 saturated heterocycles. The van der Waals surface area contributed by atoms with E-state index in [1.165, 1.54) is 40.7 Å². The first-order chi connectivity index (χ1) is 15.4. The lowest BCUT2D eigenvalue weighted by Crippen LogP contribution is -2.52. The minimum absolute atomic E-state index is 0. The Morgan fingerprint density at radius 2 is 1.71 bits per heavy atom. The minimum Gasteiger partial charge on any atom is -0.456 e. The zero-order chi connectivity index (χ0) is 24.4. The van der Waals surface area contributed by atoms with E-state index in [4.69, 9.17) is 16.2 Å². The molecule has 0 bridgehead atoms. The summed E-state index contributed by atoms with van der Waals surface area (Å²) in [4.78, 5) is 15.3. The number of hydrogen-bond donors (Lipinski definition) is 3. The van der Waals surface area contributed by atoms with Gasteiger partial charge in [-0.1, -0.05) is 0 Å². The number of carbonyl (C=O) groups is 1. The lowest BCUT2D eigenvalue weighted by molar-refractivity contribution is 0.100. The Labute approximate surface area is 216 Å². The fraction of sp³-hybridized carbons (Fsp3) is 0.300. The van der Waals surface area contributed by atoms with Crippen molar-refractivity contribution < 1.29 is 26.4 Å². The average molecular weight is 569 g/mol. The highest BCUT2D eigenvalue weighted by atomic mass is 35.5. The molecule has 1 heterocycles. The number of piperazine rings is 1. The predicted molar refractivity (Wildman–Crippen MR) is 137 cm³/mol. The molecule has 3 rings (SSSR count). The van der Waals surface area contributed by atoms with Gasteiger partial charge in [-0.25, -0.2) is 16.8 Å². The van der Waals surface area contributed by atoms with Crippen LogP contribution < -0.4 is 21.5 Å². The van der Waals surface area contributed by atoms with E-state index in [1.54, 1.807) is 0 Å². The third-order valence-electron chi connectivity index (χ3n) is 4.92. The first kappa shape index (κ1) is 30.6. The van der Waals surface area contributed by atoms with Crippen molar-refractivity contribution in [3.8, 4) is 11.5 Å². The van der Waals surface area contributed by atoms with Gasteiger partial charge in [-0.3, -0.25) is 4.79 Å². The van der Waals surface area contributed by atoms with Crippen LogP contribution in [0.1, 0.15) is 17.3 Å². The van der Waals surface area contributed by atoms with Gasteiger partial charge in [-0.05, 0) is 49.4 Å². The van der Waals surface area contributed by atoms with Crippen LogP contribution in [-0.4, -0.2) is 64.9 Å². The third kappa shape index (κ3) is 7.29. The Hall–Kier alpha value is -2.42.